The Morgan fingerprint density at radius 1 is 1.33 bits per heavy atom. The summed E-state index contributed by atoms with van der Waals surface area (Å²) in [5.74, 6) is 0.182. The van der Waals surface area contributed by atoms with Gasteiger partial charge in [0.2, 0.25) is 0 Å². The Labute approximate surface area is 108 Å². The minimum absolute atomic E-state index is 0.308. The number of rotatable bonds is 6. The maximum absolute atomic E-state index is 10.5. The van der Waals surface area contributed by atoms with Gasteiger partial charge in [0.05, 0.1) is 13.2 Å². The summed E-state index contributed by atoms with van der Waals surface area (Å²) in [4.78, 5) is 10.5. The van der Waals surface area contributed by atoms with Crippen molar-refractivity contribution in [3.8, 4) is 5.75 Å². The summed E-state index contributed by atoms with van der Waals surface area (Å²) in [6, 6.07) is 5.92. The molecule has 0 aliphatic heterocycles. The molecule has 0 spiro atoms. The second-order valence-electron chi connectivity index (χ2n) is 4.50. The van der Waals surface area contributed by atoms with Crippen LogP contribution in [0.5, 0.6) is 5.75 Å². The van der Waals surface area contributed by atoms with Crippen molar-refractivity contribution in [3.63, 3.8) is 0 Å². The van der Waals surface area contributed by atoms with Crippen LogP contribution in [-0.4, -0.2) is 24.8 Å². The fourth-order valence-electron chi connectivity index (χ4n) is 1.71. The van der Waals surface area contributed by atoms with E-state index < -0.39 is 5.97 Å². The van der Waals surface area contributed by atoms with Gasteiger partial charge < -0.3 is 14.6 Å². The minimum Gasteiger partial charge on any atom is -0.496 e. The number of carbonyl (C=O) groups is 1. The summed E-state index contributed by atoms with van der Waals surface area (Å²) in [6.07, 6.45) is -0.308. The van der Waals surface area contributed by atoms with Gasteiger partial charge in [0, 0.05) is 5.56 Å². The van der Waals surface area contributed by atoms with Gasteiger partial charge in [0.15, 0.2) is 0 Å². The molecule has 4 nitrogen and oxygen atoms in total. The van der Waals surface area contributed by atoms with Gasteiger partial charge in [-0.05, 0) is 24.5 Å². The molecule has 0 heterocycles. The first-order valence-corrected chi connectivity index (χ1v) is 5.97. The number of carboxylic acids is 1. The molecule has 0 amide bonds. The Morgan fingerprint density at radius 3 is 2.50 bits per heavy atom. The average molecular weight is 252 g/mol. The van der Waals surface area contributed by atoms with Gasteiger partial charge >= 0.3 is 5.97 Å². The standard InChI is InChI=1S/C14H20O4/c1-9(2)11-5-6-12(13(7-11)17-4)10(3)18-8-14(15)16/h5-7,9-10H,8H2,1-4H3,(H,15,16). The third kappa shape index (κ3) is 3.74. The first-order chi connectivity index (χ1) is 8.45. The number of hydrogen-bond donors (Lipinski definition) is 1. The van der Waals surface area contributed by atoms with E-state index in [0.29, 0.717) is 5.92 Å². The summed E-state index contributed by atoms with van der Waals surface area (Å²) in [6.45, 7) is 5.73. The van der Waals surface area contributed by atoms with Crippen molar-refractivity contribution >= 4 is 5.97 Å². The molecule has 4 heteroatoms. The zero-order valence-electron chi connectivity index (χ0n) is 11.3. The van der Waals surface area contributed by atoms with E-state index >= 15 is 0 Å². The number of benzene rings is 1. The van der Waals surface area contributed by atoms with E-state index in [0.717, 1.165) is 11.3 Å². The Kier molecular flexibility index (Phi) is 5.16. The highest BCUT2D eigenvalue weighted by molar-refractivity contribution is 5.68. The van der Waals surface area contributed by atoms with Crippen molar-refractivity contribution in [2.24, 2.45) is 0 Å². The predicted octanol–water partition coefficient (Wildman–Crippen LogP) is 2.98. The minimum atomic E-state index is -0.973. The molecule has 0 bridgehead atoms. The van der Waals surface area contributed by atoms with Gasteiger partial charge in [-0.2, -0.15) is 0 Å². The van der Waals surface area contributed by atoms with E-state index in [1.165, 1.54) is 5.56 Å². The van der Waals surface area contributed by atoms with Gasteiger partial charge in [0.25, 0.3) is 0 Å². The van der Waals surface area contributed by atoms with Crippen LogP contribution in [0.1, 0.15) is 43.9 Å². The lowest BCUT2D eigenvalue weighted by Crippen LogP contribution is -2.11. The average Bonchev–Trinajstić information content (AvgIpc) is 2.34. The summed E-state index contributed by atoms with van der Waals surface area (Å²) in [5.41, 5.74) is 2.05. The third-order valence-corrected chi connectivity index (χ3v) is 2.82. The first-order valence-electron chi connectivity index (χ1n) is 5.97. The van der Waals surface area contributed by atoms with Gasteiger partial charge in [-0.25, -0.2) is 4.79 Å². The van der Waals surface area contributed by atoms with Crippen LogP contribution >= 0.6 is 0 Å². The number of methoxy groups -OCH3 is 1. The lowest BCUT2D eigenvalue weighted by molar-refractivity contribution is -0.144. The molecule has 1 aromatic rings. The molecule has 0 saturated heterocycles. The van der Waals surface area contributed by atoms with Gasteiger partial charge in [-0.15, -0.1) is 0 Å². The highest BCUT2D eigenvalue weighted by Crippen LogP contribution is 2.30. The Bertz CT molecular complexity index is 412. The Balaban J connectivity index is 2.90. The van der Waals surface area contributed by atoms with Crippen molar-refractivity contribution < 1.29 is 19.4 Å². The van der Waals surface area contributed by atoms with E-state index in [9.17, 15) is 4.79 Å². The highest BCUT2D eigenvalue weighted by Gasteiger charge is 2.14. The quantitative estimate of drug-likeness (QED) is 0.845. The van der Waals surface area contributed by atoms with Crippen molar-refractivity contribution in [2.75, 3.05) is 13.7 Å². The van der Waals surface area contributed by atoms with Gasteiger partial charge in [-0.3, -0.25) is 0 Å². The molecular formula is C14H20O4. The van der Waals surface area contributed by atoms with Crippen molar-refractivity contribution in [2.45, 2.75) is 32.8 Å². The maximum atomic E-state index is 10.5. The van der Waals surface area contributed by atoms with Gasteiger partial charge in [-0.1, -0.05) is 26.0 Å². The highest BCUT2D eigenvalue weighted by atomic mass is 16.5. The molecule has 1 rings (SSSR count). The molecule has 100 valence electrons. The van der Waals surface area contributed by atoms with E-state index in [1.807, 2.05) is 25.1 Å². The number of aliphatic carboxylic acids is 1. The maximum Gasteiger partial charge on any atom is 0.329 e. The van der Waals surface area contributed by atoms with Crippen molar-refractivity contribution in [3.05, 3.63) is 29.3 Å². The van der Waals surface area contributed by atoms with Crippen LogP contribution in [0.25, 0.3) is 0 Å². The third-order valence-electron chi connectivity index (χ3n) is 2.82. The fourth-order valence-corrected chi connectivity index (χ4v) is 1.71. The topological polar surface area (TPSA) is 55.8 Å². The molecule has 1 aromatic carbocycles. The smallest absolute Gasteiger partial charge is 0.329 e. The molecule has 0 aromatic heterocycles. The van der Waals surface area contributed by atoms with E-state index in [4.69, 9.17) is 14.6 Å². The zero-order valence-corrected chi connectivity index (χ0v) is 11.3. The molecule has 1 atom stereocenters. The largest absolute Gasteiger partial charge is 0.496 e. The number of carboxylic acid groups (broad SMARTS) is 1. The summed E-state index contributed by atoms with van der Waals surface area (Å²) >= 11 is 0. The molecule has 0 aliphatic rings. The van der Waals surface area contributed by atoms with Crippen LogP contribution < -0.4 is 4.74 Å². The summed E-state index contributed by atoms with van der Waals surface area (Å²) in [5, 5.41) is 8.60. The zero-order chi connectivity index (χ0) is 13.7. The molecule has 1 unspecified atom stereocenters. The monoisotopic (exact) mass is 252 g/mol. The second kappa shape index (κ2) is 6.40. The molecule has 0 radical (unpaired) electrons. The second-order valence-corrected chi connectivity index (χ2v) is 4.50. The van der Waals surface area contributed by atoms with Crippen LogP contribution in [0.4, 0.5) is 0 Å². The summed E-state index contributed by atoms with van der Waals surface area (Å²) < 4.78 is 10.6. The molecule has 18 heavy (non-hydrogen) atoms. The van der Waals surface area contributed by atoms with E-state index in [-0.39, 0.29) is 12.7 Å². The van der Waals surface area contributed by atoms with Crippen LogP contribution in [-0.2, 0) is 9.53 Å². The number of ether oxygens (including phenoxy) is 2. The molecule has 0 aliphatic carbocycles. The lowest BCUT2D eigenvalue weighted by atomic mass is 9.99. The van der Waals surface area contributed by atoms with Crippen LogP contribution in [0.15, 0.2) is 18.2 Å². The SMILES string of the molecule is COc1cc(C(C)C)ccc1C(C)OCC(=O)O. The number of hydrogen-bond acceptors (Lipinski definition) is 3. The Morgan fingerprint density at radius 2 is 2.00 bits per heavy atom. The van der Waals surface area contributed by atoms with E-state index in [1.54, 1.807) is 7.11 Å². The molecular weight excluding hydrogens is 232 g/mol. The molecule has 0 fully saturated rings. The van der Waals surface area contributed by atoms with Crippen molar-refractivity contribution in [1.82, 2.24) is 0 Å². The van der Waals surface area contributed by atoms with Crippen LogP contribution in [0.3, 0.4) is 0 Å². The lowest BCUT2D eigenvalue weighted by Gasteiger charge is -2.17. The fraction of sp³-hybridized carbons (Fsp3) is 0.500. The van der Waals surface area contributed by atoms with Crippen LogP contribution in [0.2, 0.25) is 0 Å². The normalized spacial score (nSPS) is 12.5. The van der Waals surface area contributed by atoms with Crippen LogP contribution in [0, 0.1) is 0 Å². The molecule has 0 saturated carbocycles. The predicted molar refractivity (Wildman–Crippen MR) is 69.1 cm³/mol. The molecule has 1 N–H and O–H groups in total. The first kappa shape index (κ1) is 14.5. The van der Waals surface area contributed by atoms with Crippen molar-refractivity contribution in [1.29, 1.82) is 0 Å². The summed E-state index contributed by atoms with van der Waals surface area (Å²) in [7, 11) is 1.60. The van der Waals surface area contributed by atoms with E-state index in [2.05, 4.69) is 13.8 Å². The van der Waals surface area contributed by atoms with Gasteiger partial charge in [0.1, 0.15) is 12.4 Å². The Hall–Kier alpha value is -1.55.